The molecular formula is C24H24N4O3S2. The van der Waals surface area contributed by atoms with Crippen LogP contribution in [0.25, 0.3) is 11.0 Å². The van der Waals surface area contributed by atoms with Gasteiger partial charge >= 0.3 is 0 Å². The van der Waals surface area contributed by atoms with Crippen LogP contribution in [0.2, 0.25) is 0 Å². The number of nitrogens with one attached hydrogen (secondary N) is 1. The van der Waals surface area contributed by atoms with E-state index in [2.05, 4.69) is 13.5 Å². The Morgan fingerprint density at radius 3 is 2.27 bits per heavy atom. The van der Waals surface area contributed by atoms with Gasteiger partial charge in [-0.2, -0.15) is 13.5 Å². The van der Waals surface area contributed by atoms with Crippen LogP contribution < -0.4 is 4.72 Å². The van der Waals surface area contributed by atoms with Crippen molar-refractivity contribution in [2.45, 2.75) is 30.8 Å². The van der Waals surface area contributed by atoms with Gasteiger partial charge in [-0.3, -0.25) is 4.79 Å². The number of nitrogens with zero attached hydrogens (tertiary/aromatic N) is 3. The van der Waals surface area contributed by atoms with E-state index in [-0.39, 0.29) is 17.2 Å². The molecule has 0 saturated carbocycles. The normalized spacial score (nSPS) is 12.5. The van der Waals surface area contributed by atoms with Crippen LogP contribution in [0, 0.1) is 0 Å². The number of aromatic nitrogens is 2. The van der Waals surface area contributed by atoms with E-state index in [0.717, 1.165) is 22.9 Å². The fraction of sp³-hybridized carbons (Fsp3) is 0.208. The minimum atomic E-state index is -4.03. The Morgan fingerprint density at radius 2 is 1.61 bits per heavy atom. The van der Waals surface area contributed by atoms with Gasteiger partial charge in [0.1, 0.15) is 22.0 Å². The SMILES string of the molecule is CCN(Cc1ccccc1)C(=O)[C@H](Cc1ccccc1)NS(=O)(=O)c1cccc2nsnc12. The molecule has 1 N–H and O–H groups in total. The second-order valence-corrected chi connectivity index (χ2v) is 9.80. The lowest BCUT2D eigenvalue weighted by Crippen LogP contribution is -2.49. The van der Waals surface area contributed by atoms with Crippen LogP contribution in [0.5, 0.6) is 0 Å². The third-order valence-electron chi connectivity index (χ3n) is 5.33. The number of sulfonamides is 1. The number of likely N-dealkylation sites (N-methyl/N-ethyl adjacent to an activating group) is 1. The lowest BCUT2D eigenvalue weighted by Gasteiger charge is -2.27. The highest BCUT2D eigenvalue weighted by Gasteiger charge is 2.30. The van der Waals surface area contributed by atoms with Crippen LogP contribution >= 0.6 is 11.7 Å². The molecule has 0 saturated heterocycles. The van der Waals surface area contributed by atoms with Crippen molar-refractivity contribution >= 4 is 38.7 Å². The lowest BCUT2D eigenvalue weighted by atomic mass is 10.1. The smallest absolute Gasteiger partial charge is 0.243 e. The van der Waals surface area contributed by atoms with Gasteiger partial charge in [0.2, 0.25) is 15.9 Å². The summed E-state index contributed by atoms with van der Waals surface area (Å²) < 4.78 is 37.7. The molecular weight excluding hydrogens is 456 g/mol. The molecule has 0 aliphatic carbocycles. The molecule has 3 aromatic carbocycles. The quantitative estimate of drug-likeness (QED) is 0.395. The Labute approximate surface area is 197 Å². The number of fused-ring (bicyclic) bond motifs is 1. The fourth-order valence-corrected chi connectivity index (χ4v) is 5.60. The van der Waals surface area contributed by atoms with Crippen molar-refractivity contribution in [2.24, 2.45) is 0 Å². The molecule has 33 heavy (non-hydrogen) atoms. The van der Waals surface area contributed by atoms with Gasteiger partial charge in [0.15, 0.2) is 0 Å². The fourth-order valence-electron chi connectivity index (χ4n) is 3.65. The monoisotopic (exact) mass is 480 g/mol. The van der Waals surface area contributed by atoms with E-state index in [1.165, 1.54) is 6.07 Å². The zero-order valence-corrected chi connectivity index (χ0v) is 19.7. The van der Waals surface area contributed by atoms with Crippen molar-refractivity contribution in [1.29, 1.82) is 0 Å². The van der Waals surface area contributed by atoms with E-state index in [9.17, 15) is 13.2 Å². The maximum absolute atomic E-state index is 13.6. The molecule has 9 heteroatoms. The average Bonchev–Trinajstić information content (AvgIpc) is 3.32. The summed E-state index contributed by atoms with van der Waals surface area (Å²) in [5, 5.41) is 0. The zero-order chi connectivity index (χ0) is 23.3. The second kappa shape index (κ2) is 10.2. The second-order valence-electron chi connectivity index (χ2n) is 7.59. The molecule has 1 aromatic heterocycles. The van der Waals surface area contributed by atoms with Gasteiger partial charge in [-0.1, -0.05) is 66.7 Å². The lowest BCUT2D eigenvalue weighted by molar-refractivity contribution is -0.133. The van der Waals surface area contributed by atoms with Crippen molar-refractivity contribution in [3.63, 3.8) is 0 Å². The third-order valence-corrected chi connectivity index (χ3v) is 7.37. The van der Waals surface area contributed by atoms with Crippen LogP contribution in [0.1, 0.15) is 18.1 Å². The maximum atomic E-state index is 13.6. The maximum Gasteiger partial charge on any atom is 0.243 e. The molecule has 4 aromatic rings. The van der Waals surface area contributed by atoms with Crippen LogP contribution in [0.15, 0.2) is 83.8 Å². The van der Waals surface area contributed by atoms with E-state index in [0.29, 0.717) is 24.1 Å². The molecule has 0 fully saturated rings. The number of rotatable bonds is 9. The van der Waals surface area contributed by atoms with Gasteiger partial charge in [-0.05, 0) is 36.6 Å². The average molecular weight is 481 g/mol. The molecule has 170 valence electrons. The Kier molecular flexibility index (Phi) is 7.12. The molecule has 1 atom stereocenters. The summed E-state index contributed by atoms with van der Waals surface area (Å²) in [6, 6.07) is 22.9. The van der Waals surface area contributed by atoms with Crippen molar-refractivity contribution in [2.75, 3.05) is 6.54 Å². The molecule has 0 aliphatic rings. The highest BCUT2D eigenvalue weighted by molar-refractivity contribution is 7.89. The van der Waals surface area contributed by atoms with Gasteiger partial charge in [0, 0.05) is 13.1 Å². The Hall–Kier alpha value is -3.14. The standard InChI is InChI=1S/C24H24N4O3S2/c1-2-28(17-19-12-7-4-8-13-19)24(29)21(16-18-10-5-3-6-11-18)27-33(30,31)22-15-9-14-20-23(22)26-32-25-20/h3-15,21,27H,2,16-17H2,1H3/t21-/m0/s1. The van der Waals surface area contributed by atoms with Gasteiger partial charge in [-0.25, -0.2) is 8.42 Å². The molecule has 0 bridgehead atoms. The summed E-state index contributed by atoms with van der Waals surface area (Å²) in [6.07, 6.45) is 0.232. The predicted octanol–water partition coefficient (Wildman–Crippen LogP) is 3.63. The van der Waals surface area contributed by atoms with Crippen LogP contribution in [0.3, 0.4) is 0 Å². The topological polar surface area (TPSA) is 92.3 Å². The Balaban J connectivity index is 1.65. The number of carbonyl (C=O) groups excluding carboxylic acids is 1. The molecule has 1 heterocycles. The van der Waals surface area contributed by atoms with Crippen molar-refractivity contribution < 1.29 is 13.2 Å². The first-order valence-electron chi connectivity index (χ1n) is 10.6. The van der Waals surface area contributed by atoms with E-state index in [1.807, 2.05) is 67.6 Å². The van der Waals surface area contributed by atoms with Gasteiger partial charge in [0.25, 0.3) is 0 Å². The number of amides is 1. The first kappa shape index (κ1) is 23.0. The number of carbonyl (C=O) groups is 1. The zero-order valence-electron chi connectivity index (χ0n) is 18.1. The first-order valence-corrected chi connectivity index (χ1v) is 12.8. The number of benzene rings is 3. The van der Waals surface area contributed by atoms with E-state index >= 15 is 0 Å². The highest BCUT2D eigenvalue weighted by Crippen LogP contribution is 2.22. The predicted molar refractivity (Wildman–Crippen MR) is 129 cm³/mol. The summed E-state index contributed by atoms with van der Waals surface area (Å²) in [4.78, 5) is 15.3. The summed E-state index contributed by atoms with van der Waals surface area (Å²) >= 11 is 0.953. The van der Waals surface area contributed by atoms with Crippen LogP contribution in [-0.2, 0) is 27.8 Å². The molecule has 7 nitrogen and oxygen atoms in total. The van der Waals surface area contributed by atoms with E-state index in [1.54, 1.807) is 17.0 Å². The number of hydrogen-bond donors (Lipinski definition) is 1. The van der Waals surface area contributed by atoms with Crippen molar-refractivity contribution in [1.82, 2.24) is 18.4 Å². The summed E-state index contributed by atoms with van der Waals surface area (Å²) in [7, 11) is -4.03. The first-order chi connectivity index (χ1) is 16.0. The Bertz CT molecular complexity index is 1330. The minimum absolute atomic E-state index is 0.0192. The van der Waals surface area contributed by atoms with Gasteiger partial charge < -0.3 is 4.90 Å². The van der Waals surface area contributed by atoms with E-state index in [4.69, 9.17) is 0 Å². The number of hydrogen-bond acceptors (Lipinski definition) is 6. The molecule has 0 unspecified atom stereocenters. The molecule has 4 rings (SSSR count). The molecule has 0 radical (unpaired) electrons. The van der Waals surface area contributed by atoms with Crippen molar-refractivity contribution in [3.8, 4) is 0 Å². The highest BCUT2D eigenvalue weighted by atomic mass is 32.2. The largest absolute Gasteiger partial charge is 0.337 e. The van der Waals surface area contributed by atoms with Gasteiger partial charge in [-0.15, -0.1) is 0 Å². The summed E-state index contributed by atoms with van der Waals surface area (Å²) in [5.74, 6) is -0.280. The third kappa shape index (κ3) is 5.44. The van der Waals surface area contributed by atoms with E-state index < -0.39 is 16.1 Å². The van der Waals surface area contributed by atoms with Crippen LogP contribution in [0.4, 0.5) is 0 Å². The molecule has 0 aliphatic heterocycles. The van der Waals surface area contributed by atoms with Gasteiger partial charge in [0.05, 0.1) is 11.7 Å². The Morgan fingerprint density at radius 1 is 0.939 bits per heavy atom. The summed E-state index contributed by atoms with van der Waals surface area (Å²) in [5.41, 5.74) is 2.65. The summed E-state index contributed by atoms with van der Waals surface area (Å²) in [6.45, 7) is 2.73. The van der Waals surface area contributed by atoms with Crippen LogP contribution in [-0.4, -0.2) is 40.6 Å². The van der Waals surface area contributed by atoms with Crippen molar-refractivity contribution in [3.05, 3.63) is 90.0 Å². The minimum Gasteiger partial charge on any atom is -0.337 e. The molecule has 1 amide bonds. The molecule has 0 spiro atoms.